The van der Waals surface area contributed by atoms with Crippen LogP contribution in [0.15, 0.2) is 41.4 Å². The Bertz CT molecular complexity index is 1090. The molecule has 25 heavy (non-hydrogen) atoms. The fraction of sp³-hybridized carbons (Fsp3) is 0.125. The van der Waals surface area contributed by atoms with E-state index in [1.807, 2.05) is 6.92 Å². The highest BCUT2D eigenvalue weighted by atomic mass is 35.5. The van der Waals surface area contributed by atoms with Gasteiger partial charge in [-0.2, -0.15) is 0 Å². The molecule has 2 heterocycles. The van der Waals surface area contributed by atoms with Crippen LogP contribution in [0.25, 0.3) is 10.9 Å². The molecular formula is C16H12Cl2N2O4S. The minimum atomic E-state index is -4.00. The Morgan fingerprint density at radius 1 is 1.20 bits per heavy atom. The van der Waals surface area contributed by atoms with Crippen LogP contribution in [0.3, 0.4) is 0 Å². The number of hydrogen-bond donors (Lipinski definition) is 0. The van der Waals surface area contributed by atoms with E-state index in [1.165, 1.54) is 31.5 Å². The predicted octanol–water partition coefficient (Wildman–Crippen LogP) is 3.68. The minimum absolute atomic E-state index is 0.000263. The van der Waals surface area contributed by atoms with Crippen LogP contribution in [0.5, 0.6) is 0 Å². The van der Waals surface area contributed by atoms with Crippen molar-refractivity contribution in [2.75, 3.05) is 7.11 Å². The number of aromatic nitrogens is 2. The zero-order valence-electron chi connectivity index (χ0n) is 13.2. The molecule has 3 rings (SSSR count). The van der Waals surface area contributed by atoms with Crippen LogP contribution in [0.1, 0.15) is 16.1 Å². The molecule has 0 bridgehead atoms. The number of methoxy groups -OCH3 is 1. The molecule has 0 saturated carbocycles. The van der Waals surface area contributed by atoms with Crippen LogP contribution in [-0.4, -0.2) is 30.5 Å². The lowest BCUT2D eigenvalue weighted by molar-refractivity contribution is 0.0596. The van der Waals surface area contributed by atoms with E-state index < -0.39 is 16.0 Å². The van der Waals surface area contributed by atoms with E-state index in [9.17, 15) is 13.2 Å². The van der Waals surface area contributed by atoms with Gasteiger partial charge in [-0.25, -0.2) is 22.2 Å². The Morgan fingerprint density at radius 2 is 1.84 bits per heavy atom. The van der Waals surface area contributed by atoms with Crippen LogP contribution in [0.4, 0.5) is 0 Å². The number of nitrogens with zero attached hydrogens (tertiary/aromatic N) is 2. The summed E-state index contributed by atoms with van der Waals surface area (Å²) >= 11 is 12.1. The average molecular weight is 399 g/mol. The second kappa shape index (κ2) is 6.33. The lowest BCUT2D eigenvalue weighted by Gasteiger charge is -2.10. The molecule has 0 amide bonds. The highest BCUT2D eigenvalue weighted by Crippen LogP contribution is 2.33. The molecule has 3 aromatic rings. The smallest absolute Gasteiger partial charge is 0.358 e. The van der Waals surface area contributed by atoms with Crippen molar-refractivity contribution in [1.29, 1.82) is 0 Å². The zero-order valence-corrected chi connectivity index (χ0v) is 15.5. The molecule has 0 atom stereocenters. The second-order valence-corrected chi connectivity index (χ2v) is 7.88. The molecule has 1 aromatic carbocycles. The van der Waals surface area contributed by atoms with Gasteiger partial charge in [0.1, 0.15) is 5.15 Å². The zero-order chi connectivity index (χ0) is 18.4. The summed E-state index contributed by atoms with van der Waals surface area (Å²) in [5.41, 5.74) is 0.701. The molecule has 130 valence electrons. The lowest BCUT2D eigenvalue weighted by Crippen LogP contribution is -2.15. The van der Waals surface area contributed by atoms with Crippen molar-refractivity contribution in [2.45, 2.75) is 11.8 Å². The van der Waals surface area contributed by atoms with Crippen molar-refractivity contribution in [3.05, 3.63) is 58.0 Å². The normalized spacial score (nSPS) is 11.7. The maximum Gasteiger partial charge on any atom is 0.358 e. The maximum atomic E-state index is 13.0. The molecule has 0 N–H and O–H groups in total. The summed E-state index contributed by atoms with van der Waals surface area (Å²) in [6.07, 6.45) is 1.21. The van der Waals surface area contributed by atoms with Gasteiger partial charge in [0, 0.05) is 11.6 Å². The van der Waals surface area contributed by atoms with Crippen LogP contribution in [0, 0.1) is 6.92 Å². The Balaban J connectivity index is 2.37. The number of pyridine rings is 1. The van der Waals surface area contributed by atoms with Gasteiger partial charge >= 0.3 is 5.97 Å². The molecule has 0 saturated heterocycles. The van der Waals surface area contributed by atoms with Gasteiger partial charge in [-0.1, -0.05) is 40.9 Å². The van der Waals surface area contributed by atoms with E-state index in [1.54, 1.807) is 12.1 Å². The summed E-state index contributed by atoms with van der Waals surface area (Å²) < 4.78 is 31.6. The predicted molar refractivity (Wildman–Crippen MR) is 94.9 cm³/mol. The van der Waals surface area contributed by atoms with E-state index in [0.717, 1.165) is 9.54 Å². The van der Waals surface area contributed by atoms with Gasteiger partial charge in [0.15, 0.2) is 5.69 Å². The number of benzene rings is 1. The highest BCUT2D eigenvalue weighted by Gasteiger charge is 2.26. The van der Waals surface area contributed by atoms with Crippen LogP contribution < -0.4 is 0 Å². The van der Waals surface area contributed by atoms with Gasteiger partial charge in [-0.3, -0.25) is 0 Å². The number of halogens is 2. The quantitative estimate of drug-likeness (QED) is 0.496. The molecule has 0 fully saturated rings. The summed E-state index contributed by atoms with van der Waals surface area (Å²) in [6, 6.07) is 7.71. The van der Waals surface area contributed by atoms with Crippen molar-refractivity contribution in [1.82, 2.24) is 8.96 Å². The van der Waals surface area contributed by atoms with Gasteiger partial charge in [0.2, 0.25) is 0 Å². The third-order valence-electron chi connectivity index (χ3n) is 3.63. The average Bonchev–Trinajstić information content (AvgIpc) is 2.91. The van der Waals surface area contributed by atoms with Gasteiger partial charge in [-0.05, 0) is 25.1 Å². The Hall–Kier alpha value is -2.09. The first-order chi connectivity index (χ1) is 11.8. The molecule has 0 aliphatic rings. The van der Waals surface area contributed by atoms with E-state index in [-0.39, 0.29) is 31.7 Å². The van der Waals surface area contributed by atoms with Crippen LogP contribution in [0.2, 0.25) is 10.2 Å². The number of ether oxygens (including phenoxy) is 1. The fourth-order valence-corrected chi connectivity index (χ4v) is 4.27. The van der Waals surface area contributed by atoms with E-state index >= 15 is 0 Å². The molecule has 6 nitrogen and oxygen atoms in total. The topological polar surface area (TPSA) is 78.3 Å². The number of rotatable bonds is 3. The first-order valence-corrected chi connectivity index (χ1v) is 9.23. The number of carbonyl (C=O) groups is 1. The number of fused-ring (bicyclic) bond motifs is 1. The number of carbonyl (C=O) groups excluding carboxylic acids is 1. The Labute approximate surface area is 154 Å². The highest BCUT2D eigenvalue weighted by molar-refractivity contribution is 7.90. The molecule has 0 spiro atoms. The summed E-state index contributed by atoms with van der Waals surface area (Å²) in [5.74, 6) is -0.817. The molecule has 0 unspecified atom stereocenters. The third kappa shape index (κ3) is 2.99. The van der Waals surface area contributed by atoms with Crippen molar-refractivity contribution >= 4 is 50.1 Å². The first kappa shape index (κ1) is 17.7. The van der Waals surface area contributed by atoms with Crippen molar-refractivity contribution in [2.24, 2.45) is 0 Å². The number of hydrogen-bond acceptors (Lipinski definition) is 5. The molecule has 0 aliphatic heterocycles. The van der Waals surface area contributed by atoms with Crippen LogP contribution >= 0.6 is 23.2 Å². The lowest BCUT2D eigenvalue weighted by atomic mass is 10.2. The Kier molecular flexibility index (Phi) is 4.49. The first-order valence-electron chi connectivity index (χ1n) is 7.03. The SMILES string of the molecule is COC(=O)c1nc(Cl)cc2c(Cl)cn(S(=O)(=O)c3ccc(C)cc3)c12. The van der Waals surface area contributed by atoms with Crippen molar-refractivity contribution in [3.63, 3.8) is 0 Å². The summed E-state index contributed by atoms with van der Waals surface area (Å²) in [4.78, 5) is 16.0. The summed E-state index contributed by atoms with van der Waals surface area (Å²) in [7, 11) is -2.83. The molecule has 9 heteroatoms. The Morgan fingerprint density at radius 3 is 2.44 bits per heavy atom. The second-order valence-electron chi connectivity index (χ2n) is 5.27. The molecular weight excluding hydrogens is 387 g/mol. The minimum Gasteiger partial charge on any atom is -0.464 e. The molecule has 0 aliphatic carbocycles. The summed E-state index contributed by atoms with van der Waals surface area (Å²) in [6.45, 7) is 1.85. The number of aryl methyl sites for hydroxylation is 1. The van der Waals surface area contributed by atoms with E-state index in [4.69, 9.17) is 23.2 Å². The van der Waals surface area contributed by atoms with Crippen molar-refractivity contribution in [3.8, 4) is 0 Å². The maximum absolute atomic E-state index is 13.0. The van der Waals surface area contributed by atoms with Gasteiger partial charge in [0.05, 0.1) is 22.5 Å². The van der Waals surface area contributed by atoms with Gasteiger partial charge < -0.3 is 4.74 Å². The van der Waals surface area contributed by atoms with Gasteiger partial charge in [-0.15, -0.1) is 0 Å². The molecule has 2 aromatic heterocycles. The largest absolute Gasteiger partial charge is 0.464 e. The van der Waals surface area contributed by atoms with E-state index in [0.29, 0.717) is 0 Å². The third-order valence-corrected chi connectivity index (χ3v) is 5.79. The number of esters is 1. The van der Waals surface area contributed by atoms with E-state index in [2.05, 4.69) is 9.72 Å². The summed E-state index contributed by atoms with van der Waals surface area (Å²) in [5, 5.41) is 0.415. The fourth-order valence-electron chi connectivity index (χ4n) is 2.40. The molecule has 0 radical (unpaired) electrons. The van der Waals surface area contributed by atoms with Gasteiger partial charge in [0.25, 0.3) is 10.0 Å². The van der Waals surface area contributed by atoms with Crippen molar-refractivity contribution < 1.29 is 17.9 Å². The standard InChI is InChI=1S/C16H12Cl2N2O4S/c1-9-3-5-10(6-4-9)25(22,23)20-8-12(17)11-7-13(18)19-14(15(11)20)16(21)24-2/h3-8H,1-2H3. The monoisotopic (exact) mass is 398 g/mol. The van der Waals surface area contributed by atoms with Crippen LogP contribution in [-0.2, 0) is 14.8 Å².